The third kappa shape index (κ3) is 2.52. The smallest absolute Gasteiger partial charge is 0.276 e. The Kier molecular flexibility index (Phi) is 3.41. The fraction of sp³-hybridized carbons (Fsp3) is 0.231. The second-order valence-corrected chi connectivity index (χ2v) is 4.40. The van der Waals surface area contributed by atoms with E-state index in [4.69, 9.17) is 5.73 Å². The van der Waals surface area contributed by atoms with Crippen molar-refractivity contribution in [1.82, 2.24) is 15.1 Å². The maximum atomic E-state index is 12.2. The average Bonchev–Trinajstić information content (AvgIpc) is 2.72. The summed E-state index contributed by atoms with van der Waals surface area (Å²) in [7, 11) is 1.64. The van der Waals surface area contributed by atoms with Crippen LogP contribution in [0.4, 0.5) is 5.69 Å². The van der Waals surface area contributed by atoms with E-state index in [0.717, 1.165) is 0 Å². The molecule has 0 saturated carbocycles. The average molecular weight is 260 g/mol. The number of aryl methyl sites for hydroxylation is 1. The first-order chi connectivity index (χ1) is 9.00. The van der Waals surface area contributed by atoms with Crippen molar-refractivity contribution in [3.05, 3.63) is 41.2 Å². The maximum absolute atomic E-state index is 12.2. The third-order valence-electron chi connectivity index (χ3n) is 2.94. The lowest BCUT2D eigenvalue weighted by Crippen LogP contribution is -2.27. The zero-order valence-electron chi connectivity index (χ0n) is 10.8. The number of aromatic amines is 1. The predicted octanol–water partition coefficient (Wildman–Crippen LogP) is 1.28. The van der Waals surface area contributed by atoms with Gasteiger partial charge in [0.1, 0.15) is 5.75 Å². The van der Waals surface area contributed by atoms with E-state index >= 15 is 0 Å². The highest BCUT2D eigenvalue weighted by atomic mass is 16.3. The number of hydrogen-bond donors (Lipinski definition) is 3. The number of anilines is 1. The molecule has 0 saturated heterocycles. The molecule has 6 nitrogen and oxygen atoms in total. The van der Waals surface area contributed by atoms with E-state index in [-0.39, 0.29) is 23.9 Å². The van der Waals surface area contributed by atoms with Crippen molar-refractivity contribution < 1.29 is 9.90 Å². The van der Waals surface area contributed by atoms with E-state index in [9.17, 15) is 9.90 Å². The van der Waals surface area contributed by atoms with Gasteiger partial charge in [-0.15, -0.1) is 0 Å². The molecular formula is C13H16N4O2. The molecule has 0 atom stereocenters. The number of carbonyl (C=O) groups is 1. The Morgan fingerprint density at radius 1 is 1.47 bits per heavy atom. The van der Waals surface area contributed by atoms with Gasteiger partial charge in [-0.25, -0.2) is 0 Å². The molecule has 1 amide bonds. The Hall–Kier alpha value is -2.50. The Morgan fingerprint density at radius 3 is 2.74 bits per heavy atom. The molecule has 1 aromatic heterocycles. The quantitative estimate of drug-likeness (QED) is 0.774. The molecule has 19 heavy (non-hydrogen) atoms. The van der Waals surface area contributed by atoms with Crippen molar-refractivity contribution in [2.45, 2.75) is 13.5 Å². The minimum absolute atomic E-state index is 0.160. The second-order valence-electron chi connectivity index (χ2n) is 4.40. The van der Waals surface area contributed by atoms with Gasteiger partial charge >= 0.3 is 0 Å². The topological polar surface area (TPSA) is 95.2 Å². The first kappa shape index (κ1) is 12.9. The van der Waals surface area contributed by atoms with Crippen LogP contribution in [-0.2, 0) is 6.54 Å². The number of phenolic OH excluding ortho intramolecular Hbond substituents is 1. The monoisotopic (exact) mass is 260 g/mol. The van der Waals surface area contributed by atoms with Crippen LogP contribution < -0.4 is 5.73 Å². The number of amides is 1. The van der Waals surface area contributed by atoms with Gasteiger partial charge in [-0.05, 0) is 13.0 Å². The van der Waals surface area contributed by atoms with Gasteiger partial charge in [-0.3, -0.25) is 9.89 Å². The molecule has 0 aliphatic carbocycles. The molecule has 0 unspecified atom stereocenters. The van der Waals surface area contributed by atoms with Crippen molar-refractivity contribution in [2.24, 2.45) is 0 Å². The highest BCUT2D eigenvalue weighted by molar-refractivity contribution is 5.97. The van der Waals surface area contributed by atoms with Crippen LogP contribution in [0.15, 0.2) is 24.3 Å². The van der Waals surface area contributed by atoms with Crippen LogP contribution in [0.2, 0.25) is 0 Å². The SMILES string of the molecule is Cc1[nH]nc(C(=O)N(C)Cc2ccccc2O)c1N. The van der Waals surface area contributed by atoms with Crippen LogP contribution in [0.25, 0.3) is 0 Å². The van der Waals surface area contributed by atoms with Crippen molar-refractivity contribution in [3.63, 3.8) is 0 Å². The number of nitrogens with one attached hydrogen (secondary N) is 1. The molecule has 2 rings (SSSR count). The molecular weight excluding hydrogens is 244 g/mol. The van der Waals surface area contributed by atoms with Crippen LogP contribution in [0.1, 0.15) is 21.7 Å². The third-order valence-corrected chi connectivity index (χ3v) is 2.94. The second kappa shape index (κ2) is 5.01. The molecule has 0 spiro atoms. The highest BCUT2D eigenvalue weighted by Crippen LogP contribution is 2.19. The summed E-state index contributed by atoms with van der Waals surface area (Å²) < 4.78 is 0. The number of benzene rings is 1. The molecule has 0 aliphatic heterocycles. The Balaban J connectivity index is 2.17. The van der Waals surface area contributed by atoms with E-state index in [1.165, 1.54) is 4.90 Å². The number of rotatable bonds is 3. The Labute approximate surface area is 110 Å². The first-order valence-electron chi connectivity index (χ1n) is 5.83. The van der Waals surface area contributed by atoms with Crippen LogP contribution in [0.5, 0.6) is 5.75 Å². The molecule has 1 heterocycles. The molecule has 6 heteroatoms. The summed E-state index contributed by atoms with van der Waals surface area (Å²) in [5.74, 6) is -0.126. The van der Waals surface area contributed by atoms with Gasteiger partial charge < -0.3 is 15.7 Å². The van der Waals surface area contributed by atoms with Gasteiger partial charge in [0, 0.05) is 19.2 Å². The van der Waals surface area contributed by atoms with E-state index in [1.54, 1.807) is 38.2 Å². The van der Waals surface area contributed by atoms with E-state index in [0.29, 0.717) is 16.9 Å². The lowest BCUT2D eigenvalue weighted by atomic mass is 10.2. The van der Waals surface area contributed by atoms with Crippen LogP contribution in [0, 0.1) is 6.92 Å². The highest BCUT2D eigenvalue weighted by Gasteiger charge is 2.19. The summed E-state index contributed by atoms with van der Waals surface area (Å²) in [6.45, 7) is 2.04. The van der Waals surface area contributed by atoms with Crippen molar-refractivity contribution in [2.75, 3.05) is 12.8 Å². The number of H-pyrrole nitrogens is 1. The molecule has 2 aromatic rings. The van der Waals surface area contributed by atoms with E-state index < -0.39 is 0 Å². The Morgan fingerprint density at radius 2 is 2.16 bits per heavy atom. The number of aromatic hydroxyl groups is 1. The van der Waals surface area contributed by atoms with Crippen LogP contribution >= 0.6 is 0 Å². The predicted molar refractivity (Wildman–Crippen MR) is 71.6 cm³/mol. The van der Waals surface area contributed by atoms with Crippen LogP contribution in [-0.4, -0.2) is 33.2 Å². The molecule has 0 aliphatic rings. The van der Waals surface area contributed by atoms with Gasteiger partial charge in [-0.2, -0.15) is 5.10 Å². The number of nitrogen functional groups attached to an aromatic ring is 1. The van der Waals surface area contributed by atoms with Crippen LogP contribution in [0.3, 0.4) is 0 Å². The van der Waals surface area contributed by atoms with E-state index in [1.807, 2.05) is 0 Å². The van der Waals surface area contributed by atoms with Crippen molar-refractivity contribution in [3.8, 4) is 5.75 Å². The number of para-hydroxylation sites is 1. The number of carbonyl (C=O) groups excluding carboxylic acids is 1. The maximum Gasteiger partial charge on any atom is 0.276 e. The molecule has 0 fully saturated rings. The standard InChI is InChI=1S/C13H16N4O2/c1-8-11(14)12(16-15-8)13(19)17(2)7-9-5-3-4-6-10(9)18/h3-6,18H,7,14H2,1-2H3,(H,15,16). The number of nitrogens with two attached hydrogens (primary N) is 1. The lowest BCUT2D eigenvalue weighted by Gasteiger charge is -2.17. The molecule has 100 valence electrons. The van der Waals surface area contributed by atoms with Gasteiger partial charge in [0.05, 0.1) is 11.4 Å². The lowest BCUT2D eigenvalue weighted by molar-refractivity contribution is 0.0779. The molecule has 1 aromatic carbocycles. The number of hydrogen-bond acceptors (Lipinski definition) is 4. The largest absolute Gasteiger partial charge is 0.508 e. The zero-order valence-corrected chi connectivity index (χ0v) is 10.8. The number of aromatic nitrogens is 2. The van der Waals surface area contributed by atoms with Gasteiger partial charge in [0.15, 0.2) is 5.69 Å². The first-order valence-corrected chi connectivity index (χ1v) is 5.83. The summed E-state index contributed by atoms with van der Waals surface area (Å²) in [5.41, 5.74) is 7.67. The fourth-order valence-corrected chi connectivity index (χ4v) is 1.75. The van der Waals surface area contributed by atoms with Crippen molar-refractivity contribution in [1.29, 1.82) is 0 Å². The number of phenols is 1. The summed E-state index contributed by atoms with van der Waals surface area (Å²) >= 11 is 0. The van der Waals surface area contributed by atoms with Gasteiger partial charge in [-0.1, -0.05) is 18.2 Å². The Bertz CT molecular complexity index is 606. The molecule has 0 bridgehead atoms. The summed E-state index contributed by atoms with van der Waals surface area (Å²) in [6.07, 6.45) is 0. The normalized spacial score (nSPS) is 10.4. The van der Waals surface area contributed by atoms with Gasteiger partial charge in [0.2, 0.25) is 0 Å². The summed E-state index contributed by atoms with van der Waals surface area (Å²) in [4.78, 5) is 13.6. The summed E-state index contributed by atoms with van der Waals surface area (Å²) in [6, 6.07) is 6.88. The van der Waals surface area contributed by atoms with E-state index in [2.05, 4.69) is 10.2 Å². The fourth-order valence-electron chi connectivity index (χ4n) is 1.75. The zero-order chi connectivity index (χ0) is 14.0. The molecule has 4 N–H and O–H groups in total. The molecule has 0 radical (unpaired) electrons. The number of nitrogens with zero attached hydrogens (tertiary/aromatic N) is 2. The minimum Gasteiger partial charge on any atom is -0.508 e. The summed E-state index contributed by atoms with van der Waals surface area (Å²) in [5, 5.41) is 16.3. The van der Waals surface area contributed by atoms with Gasteiger partial charge in [0.25, 0.3) is 5.91 Å². The van der Waals surface area contributed by atoms with Crippen molar-refractivity contribution >= 4 is 11.6 Å². The minimum atomic E-state index is -0.287.